The van der Waals surface area contributed by atoms with Gasteiger partial charge in [-0.1, -0.05) is 60.7 Å². The highest BCUT2D eigenvalue weighted by atomic mass is 16.2. The molecule has 0 atom stereocenters. The van der Waals surface area contributed by atoms with Crippen LogP contribution in [0.5, 0.6) is 0 Å². The van der Waals surface area contributed by atoms with Crippen LogP contribution in [-0.4, -0.2) is 11.0 Å². The van der Waals surface area contributed by atoms with Crippen molar-refractivity contribution in [2.24, 2.45) is 0 Å². The number of aromatic amines is 1. The van der Waals surface area contributed by atoms with E-state index in [0.717, 1.165) is 28.0 Å². The maximum atomic E-state index is 12.0. The summed E-state index contributed by atoms with van der Waals surface area (Å²) in [6.07, 6.45) is 0. The van der Waals surface area contributed by atoms with E-state index >= 15 is 0 Å². The lowest BCUT2D eigenvalue weighted by Crippen LogP contribution is -2.28. The zero-order chi connectivity index (χ0) is 17.8. The van der Waals surface area contributed by atoms with Crippen LogP contribution >= 0.6 is 0 Å². The Morgan fingerprint density at radius 3 is 2.35 bits per heavy atom. The molecule has 0 radical (unpaired) electrons. The Kier molecular flexibility index (Phi) is 4.39. The molecule has 0 fully saturated rings. The summed E-state index contributed by atoms with van der Waals surface area (Å²) in [5, 5.41) is 6.90. The van der Waals surface area contributed by atoms with E-state index in [4.69, 9.17) is 0 Å². The van der Waals surface area contributed by atoms with Crippen molar-refractivity contribution >= 4 is 22.6 Å². The van der Waals surface area contributed by atoms with Crippen LogP contribution in [0, 0.1) is 0 Å². The lowest BCUT2D eigenvalue weighted by Gasteiger charge is -2.08. The van der Waals surface area contributed by atoms with E-state index in [1.54, 1.807) is 0 Å². The van der Waals surface area contributed by atoms with Crippen LogP contribution in [0.3, 0.4) is 0 Å². The molecule has 0 aliphatic heterocycles. The topological polar surface area (TPSA) is 56.9 Å². The molecule has 0 bridgehead atoms. The molecule has 0 spiro atoms. The molecule has 0 saturated heterocycles. The third-order valence-corrected chi connectivity index (χ3v) is 4.28. The molecule has 4 aromatic rings. The van der Waals surface area contributed by atoms with Crippen molar-refractivity contribution in [3.05, 3.63) is 90.5 Å². The van der Waals surface area contributed by atoms with Gasteiger partial charge in [0.25, 0.3) is 0 Å². The van der Waals surface area contributed by atoms with Crippen LogP contribution in [0.4, 0.5) is 10.5 Å². The van der Waals surface area contributed by atoms with Gasteiger partial charge in [-0.25, -0.2) is 4.79 Å². The van der Waals surface area contributed by atoms with Crippen LogP contribution in [0.25, 0.3) is 22.2 Å². The van der Waals surface area contributed by atoms with Gasteiger partial charge in [0.15, 0.2) is 0 Å². The van der Waals surface area contributed by atoms with Crippen molar-refractivity contribution in [2.75, 3.05) is 5.32 Å². The molecule has 26 heavy (non-hydrogen) atoms. The zero-order valence-corrected chi connectivity index (χ0v) is 14.2. The van der Waals surface area contributed by atoms with Crippen molar-refractivity contribution < 1.29 is 4.79 Å². The first-order valence-electron chi connectivity index (χ1n) is 8.55. The van der Waals surface area contributed by atoms with Crippen LogP contribution in [-0.2, 0) is 6.54 Å². The largest absolute Gasteiger partial charge is 0.355 e. The number of para-hydroxylation sites is 1. The number of H-pyrrole nitrogens is 1. The number of amides is 2. The van der Waals surface area contributed by atoms with Crippen molar-refractivity contribution in [1.29, 1.82) is 0 Å². The highest BCUT2D eigenvalue weighted by Gasteiger charge is 2.05. The van der Waals surface area contributed by atoms with E-state index in [9.17, 15) is 4.79 Å². The highest BCUT2D eigenvalue weighted by molar-refractivity contribution is 5.90. The molecule has 0 saturated carbocycles. The van der Waals surface area contributed by atoms with Gasteiger partial charge in [0, 0.05) is 28.8 Å². The molecule has 0 aliphatic rings. The number of aromatic nitrogens is 1. The summed E-state index contributed by atoms with van der Waals surface area (Å²) in [5.41, 5.74) is 5.08. The first-order chi connectivity index (χ1) is 12.8. The van der Waals surface area contributed by atoms with Gasteiger partial charge < -0.3 is 15.6 Å². The third-order valence-electron chi connectivity index (χ3n) is 4.28. The summed E-state index contributed by atoms with van der Waals surface area (Å²) in [5.74, 6) is 0. The molecular formula is C22H19N3O. The number of hydrogen-bond acceptors (Lipinski definition) is 1. The Balaban J connectivity index is 1.40. The predicted molar refractivity (Wildman–Crippen MR) is 106 cm³/mol. The second-order valence-electron chi connectivity index (χ2n) is 6.14. The van der Waals surface area contributed by atoms with Crippen LogP contribution < -0.4 is 10.6 Å². The van der Waals surface area contributed by atoms with Crippen LogP contribution in [0.15, 0.2) is 84.9 Å². The van der Waals surface area contributed by atoms with Crippen molar-refractivity contribution in [1.82, 2.24) is 10.3 Å². The lowest BCUT2D eigenvalue weighted by molar-refractivity contribution is 0.251. The second kappa shape index (κ2) is 7.15. The molecule has 1 heterocycles. The van der Waals surface area contributed by atoms with Crippen molar-refractivity contribution in [2.45, 2.75) is 6.54 Å². The van der Waals surface area contributed by atoms with Crippen molar-refractivity contribution in [3.8, 4) is 11.3 Å². The number of hydrogen-bond donors (Lipinski definition) is 3. The van der Waals surface area contributed by atoms with Gasteiger partial charge in [-0.05, 0) is 35.4 Å². The minimum atomic E-state index is -0.216. The number of carbonyl (C=O) groups excluding carboxylic acids is 1. The number of fused-ring (bicyclic) bond motifs is 1. The van der Waals surface area contributed by atoms with E-state index in [0.29, 0.717) is 6.54 Å². The summed E-state index contributed by atoms with van der Waals surface area (Å²) in [6.45, 7) is 0.500. The standard InChI is InChI=1S/C22H19N3O/c26-22(23-15-16-6-2-1-3-7-16)24-19-12-10-17(11-13-19)21-14-18-8-4-5-9-20(18)25-21/h1-14,25H,15H2,(H2,23,24,26). The molecule has 1 aromatic heterocycles. The smallest absolute Gasteiger partial charge is 0.319 e. The maximum absolute atomic E-state index is 12.0. The van der Waals surface area contributed by atoms with E-state index in [1.165, 1.54) is 5.39 Å². The number of rotatable bonds is 4. The molecule has 0 aliphatic carbocycles. The van der Waals surface area contributed by atoms with E-state index in [2.05, 4.69) is 33.8 Å². The average molecular weight is 341 g/mol. The normalized spacial score (nSPS) is 10.6. The minimum absolute atomic E-state index is 0.216. The van der Waals surface area contributed by atoms with Gasteiger partial charge in [-0.15, -0.1) is 0 Å². The lowest BCUT2D eigenvalue weighted by atomic mass is 10.1. The van der Waals surface area contributed by atoms with Gasteiger partial charge in [0.05, 0.1) is 0 Å². The van der Waals surface area contributed by atoms with E-state index in [1.807, 2.05) is 66.7 Å². The summed E-state index contributed by atoms with van der Waals surface area (Å²) in [7, 11) is 0. The number of anilines is 1. The minimum Gasteiger partial charge on any atom is -0.355 e. The number of benzene rings is 3. The molecule has 4 rings (SSSR count). The maximum Gasteiger partial charge on any atom is 0.319 e. The fraction of sp³-hybridized carbons (Fsp3) is 0.0455. The van der Waals surface area contributed by atoms with Gasteiger partial charge in [0.2, 0.25) is 0 Å². The highest BCUT2D eigenvalue weighted by Crippen LogP contribution is 2.25. The third kappa shape index (κ3) is 3.59. The Morgan fingerprint density at radius 2 is 1.58 bits per heavy atom. The zero-order valence-electron chi connectivity index (χ0n) is 14.2. The first kappa shape index (κ1) is 16.0. The molecule has 2 amide bonds. The van der Waals surface area contributed by atoms with Crippen LogP contribution in [0.1, 0.15) is 5.56 Å². The Morgan fingerprint density at radius 1 is 0.846 bits per heavy atom. The van der Waals surface area contributed by atoms with E-state index < -0.39 is 0 Å². The van der Waals surface area contributed by atoms with Crippen molar-refractivity contribution in [3.63, 3.8) is 0 Å². The summed E-state index contributed by atoms with van der Waals surface area (Å²) < 4.78 is 0. The molecule has 4 nitrogen and oxygen atoms in total. The SMILES string of the molecule is O=C(NCc1ccccc1)Nc1ccc(-c2cc3ccccc3[nH]2)cc1. The Labute approximate surface area is 151 Å². The number of carbonyl (C=O) groups is 1. The fourth-order valence-electron chi connectivity index (χ4n) is 2.92. The first-order valence-corrected chi connectivity index (χ1v) is 8.55. The summed E-state index contributed by atoms with van der Waals surface area (Å²) >= 11 is 0. The van der Waals surface area contributed by atoms with Gasteiger partial charge >= 0.3 is 6.03 Å². The fourth-order valence-corrected chi connectivity index (χ4v) is 2.92. The molecule has 3 aromatic carbocycles. The monoisotopic (exact) mass is 341 g/mol. The molecule has 4 heteroatoms. The van der Waals surface area contributed by atoms with E-state index in [-0.39, 0.29) is 6.03 Å². The predicted octanol–water partition coefficient (Wildman–Crippen LogP) is 5.16. The molecule has 3 N–H and O–H groups in total. The molecule has 0 unspecified atom stereocenters. The Hall–Kier alpha value is -3.53. The number of urea groups is 1. The Bertz CT molecular complexity index is 987. The van der Waals surface area contributed by atoms with Crippen LogP contribution in [0.2, 0.25) is 0 Å². The molecular weight excluding hydrogens is 322 g/mol. The summed E-state index contributed by atoms with van der Waals surface area (Å²) in [6, 6.07) is 27.7. The molecule has 128 valence electrons. The summed E-state index contributed by atoms with van der Waals surface area (Å²) in [4.78, 5) is 15.4. The quantitative estimate of drug-likeness (QED) is 0.472. The number of nitrogens with one attached hydrogen (secondary N) is 3. The average Bonchev–Trinajstić information content (AvgIpc) is 3.12. The van der Waals surface area contributed by atoms with Gasteiger partial charge in [-0.3, -0.25) is 0 Å². The van der Waals surface area contributed by atoms with Gasteiger partial charge in [-0.2, -0.15) is 0 Å². The second-order valence-corrected chi connectivity index (χ2v) is 6.14. The van der Waals surface area contributed by atoms with Gasteiger partial charge in [0.1, 0.15) is 0 Å².